The molecule has 0 bridgehead atoms. The Hall–Kier alpha value is -3.67. The molecule has 1 heterocycles. The topological polar surface area (TPSA) is 173 Å². The molecule has 0 aliphatic carbocycles. The molecule has 180 valence electrons. The number of rotatable bonds is 9. The third kappa shape index (κ3) is 7.75. The van der Waals surface area contributed by atoms with Gasteiger partial charge in [0.05, 0.1) is 13.2 Å². The molecule has 0 aromatic heterocycles. The van der Waals surface area contributed by atoms with Crippen LogP contribution in [0.1, 0.15) is 35.7 Å². The van der Waals surface area contributed by atoms with E-state index in [1.54, 1.807) is 11.8 Å². The molecule has 12 heteroatoms. The number of hydrogen-bond acceptors (Lipinski definition) is 8. The van der Waals surface area contributed by atoms with E-state index < -0.39 is 23.8 Å². The largest absolute Gasteiger partial charge is 0.468 e. The second kappa shape index (κ2) is 12.4. The van der Waals surface area contributed by atoms with Crippen LogP contribution in [0.3, 0.4) is 0 Å². The van der Waals surface area contributed by atoms with Crippen molar-refractivity contribution in [1.82, 2.24) is 15.5 Å². The molecule has 1 aliphatic rings. The maximum Gasteiger partial charge on any atom is 0.325 e. The highest BCUT2D eigenvalue weighted by Crippen LogP contribution is 2.15. The summed E-state index contributed by atoms with van der Waals surface area (Å²) >= 11 is 0. The van der Waals surface area contributed by atoms with Gasteiger partial charge in [-0.05, 0) is 31.9 Å². The molecule has 0 radical (unpaired) electrons. The minimum Gasteiger partial charge on any atom is -0.468 e. The molecule has 5 N–H and O–H groups in total. The van der Waals surface area contributed by atoms with Crippen molar-refractivity contribution < 1.29 is 33.9 Å². The van der Waals surface area contributed by atoms with Gasteiger partial charge in [-0.15, -0.1) is 0 Å². The zero-order chi connectivity index (χ0) is 24.4. The van der Waals surface area contributed by atoms with Gasteiger partial charge in [0.2, 0.25) is 11.8 Å². The van der Waals surface area contributed by atoms with E-state index in [9.17, 15) is 19.2 Å². The number of likely N-dealkylation sites (tertiary alicyclic amines) is 1. The summed E-state index contributed by atoms with van der Waals surface area (Å²) in [5, 5.41) is 16.7. The van der Waals surface area contributed by atoms with Gasteiger partial charge in [-0.2, -0.15) is 0 Å². The molecule has 0 spiro atoms. The van der Waals surface area contributed by atoms with Gasteiger partial charge in [0, 0.05) is 24.2 Å². The van der Waals surface area contributed by atoms with Crippen molar-refractivity contribution in [2.24, 2.45) is 10.9 Å². The van der Waals surface area contributed by atoms with Crippen LogP contribution in [0.4, 0.5) is 0 Å². The standard InChI is InChI=1S/C21H29N5O7/c1-13(24-20(29)15-5-3-14(4-6-15)19(22)25-31)21(30)26-9-7-16(8-10-26)33-12-17(27)23-11-18(28)32-2/h3-6,13,16,31H,7-12H2,1-2H3,(H2,22,25)(H,23,27)(H,24,29)/t13-/m0/s1. The van der Waals surface area contributed by atoms with Crippen molar-refractivity contribution in [2.75, 3.05) is 33.4 Å². The lowest BCUT2D eigenvalue weighted by atomic mass is 10.1. The summed E-state index contributed by atoms with van der Waals surface area (Å²) in [7, 11) is 1.23. The van der Waals surface area contributed by atoms with Gasteiger partial charge in [-0.1, -0.05) is 17.3 Å². The van der Waals surface area contributed by atoms with Crippen molar-refractivity contribution in [3.8, 4) is 0 Å². The Balaban J connectivity index is 1.75. The molecule has 1 saturated heterocycles. The van der Waals surface area contributed by atoms with Crippen LogP contribution in [0, 0.1) is 0 Å². The van der Waals surface area contributed by atoms with Crippen molar-refractivity contribution in [1.29, 1.82) is 0 Å². The number of esters is 1. The number of nitrogens with zero attached hydrogens (tertiary/aromatic N) is 2. The molecule has 3 amide bonds. The molecule has 12 nitrogen and oxygen atoms in total. The summed E-state index contributed by atoms with van der Waals surface area (Å²) in [6, 6.07) is 5.38. The highest BCUT2D eigenvalue weighted by atomic mass is 16.5. The summed E-state index contributed by atoms with van der Waals surface area (Å²) in [5.41, 5.74) is 6.30. The second-order valence-corrected chi connectivity index (χ2v) is 7.45. The number of hydrogen-bond donors (Lipinski definition) is 4. The van der Waals surface area contributed by atoms with Crippen molar-refractivity contribution >= 4 is 29.5 Å². The fourth-order valence-corrected chi connectivity index (χ4v) is 3.20. The number of carbonyl (C=O) groups is 4. The number of piperidine rings is 1. The molecule has 1 aliphatic heterocycles. The second-order valence-electron chi connectivity index (χ2n) is 7.45. The first-order valence-corrected chi connectivity index (χ1v) is 10.4. The minimum absolute atomic E-state index is 0.0697. The number of benzene rings is 1. The van der Waals surface area contributed by atoms with Crippen LogP contribution in [0.5, 0.6) is 0 Å². The van der Waals surface area contributed by atoms with E-state index in [0.717, 1.165) is 0 Å². The number of methoxy groups -OCH3 is 1. The Bertz CT molecular complexity index is 879. The average molecular weight is 463 g/mol. The Morgan fingerprint density at radius 1 is 1.18 bits per heavy atom. The zero-order valence-corrected chi connectivity index (χ0v) is 18.6. The quantitative estimate of drug-likeness (QED) is 0.121. The fourth-order valence-electron chi connectivity index (χ4n) is 3.20. The van der Waals surface area contributed by atoms with E-state index in [1.807, 2.05) is 0 Å². The third-order valence-corrected chi connectivity index (χ3v) is 5.13. The van der Waals surface area contributed by atoms with Crippen molar-refractivity contribution in [3.05, 3.63) is 35.4 Å². The van der Waals surface area contributed by atoms with Gasteiger partial charge < -0.3 is 35.9 Å². The van der Waals surface area contributed by atoms with Crippen LogP contribution >= 0.6 is 0 Å². The minimum atomic E-state index is -0.734. The average Bonchev–Trinajstić information content (AvgIpc) is 2.85. The monoisotopic (exact) mass is 463 g/mol. The van der Waals surface area contributed by atoms with Gasteiger partial charge in [-0.25, -0.2) is 0 Å². The molecular weight excluding hydrogens is 434 g/mol. The normalized spacial score (nSPS) is 15.5. The third-order valence-electron chi connectivity index (χ3n) is 5.13. The molecule has 33 heavy (non-hydrogen) atoms. The summed E-state index contributed by atoms with van der Waals surface area (Å²) in [6.07, 6.45) is 0.911. The van der Waals surface area contributed by atoms with Crippen LogP contribution in [0.15, 0.2) is 29.4 Å². The predicted octanol–water partition coefficient (Wildman–Crippen LogP) is -0.804. The molecule has 0 saturated carbocycles. The number of amidine groups is 1. The summed E-state index contributed by atoms with van der Waals surface area (Å²) in [6.45, 7) is 2.07. The SMILES string of the molecule is COC(=O)CNC(=O)COC1CCN(C(=O)[C@H](C)NC(=O)c2ccc(/C(N)=N/O)cc2)CC1. The zero-order valence-electron chi connectivity index (χ0n) is 18.6. The first kappa shape index (κ1) is 25.6. The highest BCUT2D eigenvalue weighted by molar-refractivity contribution is 6.00. The Kier molecular flexibility index (Phi) is 9.61. The van der Waals surface area contributed by atoms with E-state index in [-0.39, 0.29) is 31.0 Å². The van der Waals surface area contributed by atoms with Gasteiger partial charge in [-0.3, -0.25) is 19.2 Å². The number of carbonyl (C=O) groups excluding carboxylic acids is 4. The van der Waals surface area contributed by atoms with E-state index in [1.165, 1.54) is 31.4 Å². The Morgan fingerprint density at radius 2 is 1.79 bits per heavy atom. The summed E-state index contributed by atoms with van der Waals surface area (Å²) in [5.74, 6) is -1.67. The molecule has 1 atom stereocenters. The van der Waals surface area contributed by atoms with Crippen LogP contribution in [-0.2, 0) is 23.9 Å². The van der Waals surface area contributed by atoms with E-state index >= 15 is 0 Å². The van der Waals surface area contributed by atoms with Crippen molar-refractivity contribution in [3.63, 3.8) is 0 Å². The smallest absolute Gasteiger partial charge is 0.325 e. The number of nitrogens with two attached hydrogens (primary N) is 1. The number of nitrogens with one attached hydrogen (secondary N) is 2. The van der Waals surface area contributed by atoms with Gasteiger partial charge >= 0.3 is 5.97 Å². The maximum atomic E-state index is 12.7. The lowest BCUT2D eigenvalue weighted by Crippen LogP contribution is -2.50. The van der Waals surface area contributed by atoms with Gasteiger partial charge in [0.15, 0.2) is 5.84 Å². The van der Waals surface area contributed by atoms with E-state index in [0.29, 0.717) is 37.1 Å². The van der Waals surface area contributed by atoms with Crippen LogP contribution in [-0.4, -0.2) is 85.1 Å². The highest BCUT2D eigenvalue weighted by Gasteiger charge is 2.27. The first-order valence-electron chi connectivity index (χ1n) is 10.4. The predicted molar refractivity (Wildman–Crippen MR) is 116 cm³/mol. The number of amides is 3. The van der Waals surface area contributed by atoms with E-state index in [4.69, 9.17) is 15.7 Å². The molecule has 1 fully saturated rings. The number of oxime groups is 1. The van der Waals surface area contributed by atoms with Crippen LogP contribution < -0.4 is 16.4 Å². The molecule has 2 rings (SSSR count). The first-order chi connectivity index (χ1) is 15.7. The van der Waals surface area contributed by atoms with Gasteiger partial charge in [0.25, 0.3) is 5.91 Å². The fraction of sp³-hybridized carbons (Fsp3) is 0.476. The molecule has 1 aromatic carbocycles. The van der Waals surface area contributed by atoms with E-state index in [2.05, 4.69) is 20.5 Å². The number of ether oxygens (including phenoxy) is 2. The lowest BCUT2D eigenvalue weighted by Gasteiger charge is -2.33. The van der Waals surface area contributed by atoms with Crippen LogP contribution in [0.2, 0.25) is 0 Å². The Labute approximate surface area is 191 Å². The van der Waals surface area contributed by atoms with Crippen molar-refractivity contribution in [2.45, 2.75) is 31.9 Å². The summed E-state index contributed by atoms with van der Waals surface area (Å²) in [4.78, 5) is 49.5. The Morgan fingerprint density at radius 3 is 2.36 bits per heavy atom. The molecule has 1 aromatic rings. The molecule has 0 unspecified atom stereocenters. The van der Waals surface area contributed by atoms with Gasteiger partial charge in [0.1, 0.15) is 19.2 Å². The summed E-state index contributed by atoms with van der Waals surface area (Å²) < 4.78 is 9.99. The molecular formula is C21H29N5O7. The lowest BCUT2D eigenvalue weighted by molar-refractivity contribution is -0.142. The maximum absolute atomic E-state index is 12.7. The van der Waals surface area contributed by atoms with Crippen LogP contribution in [0.25, 0.3) is 0 Å².